The lowest BCUT2D eigenvalue weighted by molar-refractivity contribution is -0.118. The Hall–Kier alpha value is -6.92. The van der Waals surface area contributed by atoms with Gasteiger partial charge in [0.1, 0.15) is 18.2 Å². The third kappa shape index (κ3) is 8.85. The number of fused-ring (bicyclic) bond motifs is 2. The maximum absolute atomic E-state index is 13.7. The molecule has 6 aromatic rings. The summed E-state index contributed by atoms with van der Waals surface area (Å²) in [4.78, 5) is 62.8. The van der Waals surface area contributed by atoms with Crippen molar-refractivity contribution >= 4 is 46.4 Å². The molecule has 0 spiro atoms. The Morgan fingerprint density at radius 2 is 1.15 bits per heavy atom. The van der Waals surface area contributed by atoms with Crippen LogP contribution in [0.25, 0.3) is 0 Å². The van der Waals surface area contributed by atoms with E-state index < -0.39 is 5.82 Å². The van der Waals surface area contributed by atoms with E-state index in [1.807, 2.05) is 128 Å². The van der Waals surface area contributed by atoms with Crippen LogP contribution in [0.2, 0.25) is 0 Å². The molecule has 0 radical (unpaired) electrons. The molecule has 0 N–H and O–H groups in total. The fraction of sp³-hybridized carbons (Fsp3) is 0.245. The zero-order chi connectivity index (χ0) is 43.2. The smallest absolute Gasteiger partial charge is 0.294 e. The molecule has 61 heavy (non-hydrogen) atoms. The maximum atomic E-state index is 13.7. The van der Waals surface area contributed by atoms with Gasteiger partial charge in [0.25, 0.3) is 11.8 Å². The third-order valence-electron chi connectivity index (χ3n) is 11.0. The molecular weight excluding hydrogens is 774 g/mol. The first-order valence-electron chi connectivity index (χ1n) is 20.2. The molecule has 4 heterocycles. The van der Waals surface area contributed by atoms with Crippen molar-refractivity contribution in [3.8, 4) is 0 Å². The fourth-order valence-corrected chi connectivity index (χ4v) is 8.51. The second-order valence-electron chi connectivity index (χ2n) is 15.2. The molecule has 0 saturated heterocycles. The number of furan rings is 1. The molecule has 2 aliphatic heterocycles. The number of aromatic nitrogens is 1. The average Bonchev–Trinajstić information content (AvgIpc) is 3.73. The molecule has 0 aliphatic carbocycles. The minimum absolute atomic E-state index is 0.0341. The number of rotatable bonds is 8. The molecule has 0 unspecified atom stereocenters. The Kier molecular flexibility index (Phi) is 12.8. The lowest BCUT2D eigenvalue weighted by atomic mass is 9.89. The van der Waals surface area contributed by atoms with Gasteiger partial charge in [-0.3, -0.25) is 24.2 Å². The number of methoxy groups -OCH3 is 1. The first-order chi connectivity index (χ1) is 29.5. The molecule has 4 atom stereocenters. The summed E-state index contributed by atoms with van der Waals surface area (Å²) in [6, 6.07) is 38.4. The monoisotopic (exact) mass is 821 g/mol. The van der Waals surface area contributed by atoms with E-state index in [1.165, 1.54) is 12.3 Å². The Morgan fingerprint density at radius 1 is 0.672 bits per heavy atom. The highest BCUT2D eigenvalue weighted by molar-refractivity contribution is 6.08. The number of ether oxygens (including phenoxy) is 1. The van der Waals surface area contributed by atoms with Crippen LogP contribution in [0.3, 0.4) is 0 Å². The van der Waals surface area contributed by atoms with Gasteiger partial charge in [-0.25, -0.2) is 4.39 Å². The van der Waals surface area contributed by atoms with Crippen LogP contribution < -0.4 is 19.6 Å². The summed E-state index contributed by atoms with van der Waals surface area (Å²) in [5.41, 5.74) is 5.19. The van der Waals surface area contributed by atoms with Gasteiger partial charge >= 0.3 is 0 Å². The number of carbonyl (C=O) groups excluding carboxylic acids is 4. The second kappa shape index (κ2) is 18.6. The van der Waals surface area contributed by atoms with E-state index in [9.17, 15) is 23.6 Å². The largest absolute Gasteiger partial charge is 0.453 e. The number of hydrogen-bond acceptors (Lipinski definition) is 7. The molecule has 312 valence electrons. The summed E-state index contributed by atoms with van der Waals surface area (Å²) < 4.78 is 24.5. The fourth-order valence-electron chi connectivity index (χ4n) is 8.51. The third-order valence-corrected chi connectivity index (χ3v) is 11.0. The van der Waals surface area contributed by atoms with Crippen LogP contribution in [0.4, 0.5) is 27.1 Å². The zero-order valence-corrected chi connectivity index (χ0v) is 34.8. The van der Waals surface area contributed by atoms with Crippen LogP contribution in [0, 0.1) is 5.82 Å². The highest BCUT2D eigenvalue weighted by Crippen LogP contribution is 2.44. The van der Waals surface area contributed by atoms with E-state index in [1.54, 1.807) is 47.8 Å². The summed E-state index contributed by atoms with van der Waals surface area (Å²) >= 11 is 0. The summed E-state index contributed by atoms with van der Waals surface area (Å²) in [7, 11) is 1.58. The molecule has 8 rings (SSSR count). The van der Waals surface area contributed by atoms with E-state index in [0.717, 1.165) is 40.1 Å². The first-order valence-corrected chi connectivity index (χ1v) is 20.2. The predicted octanol–water partition coefficient (Wildman–Crippen LogP) is 9.71. The number of carbonyl (C=O) groups is 4. The summed E-state index contributed by atoms with van der Waals surface area (Å²) in [6.07, 6.45) is 3.62. The second-order valence-corrected chi connectivity index (χ2v) is 15.2. The summed E-state index contributed by atoms with van der Waals surface area (Å²) in [5.74, 6) is -0.282. The number of nitrogens with zero attached hydrogens (tertiary/aromatic N) is 5. The number of benzene rings is 4. The minimum Gasteiger partial charge on any atom is -0.453 e. The van der Waals surface area contributed by atoms with Crippen molar-refractivity contribution in [3.63, 3.8) is 0 Å². The van der Waals surface area contributed by atoms with Crippen LogP contribution in [0.1, 0.15) is 90.4 Å². The number of hydrogen-bond donors (Lipinski definition) is 0. The summed E-state index contributed by atoms with van der Waals surface area (Å²) in [6.45, 7) is 7.39. The van der Waals surface area contributed by atoms with Crippen molar-refractivity contribution in [3.05, 3.63) is 174 Å². The number of pyridine rings is 1. The van der Waals surface area contributed by atoms with Crippen molar-refractivity contribution < 1.29 is 32.7 Å². The SMILES string of the molecule is CC(=O)N(c1ccccc1)[C@@H]1C[C@H](C)N(C(=O)c2cncc(F)c2)c2ccccc21.COCc1ccc(C(=O)N2c3ccccc3[C@H](N(C(C)=O)c3ccccc3)C[C@@H]2C)o1. The molecule has 2 aromatic heterocycles. The van der Waals surface area contributed by atoms with Gasteiger partial charge in [0.2, 0.25) is 11.8 Å². The van der Waals surface area contributed by atoms with Crippen molar-refractivity contribution in [1.29, 1.82) is 0 Å². The molecule has 12 heteroatoms. The van der Waals surface area contributed by atoms with Crippen LogP contribution in [0.15, 0.2) is 144 Å². The number of anilines is 4. The van der Waals surface area contributed by atoms with Gasteiger partial charge in [-0.2, -0.15) is 0 Å². The molecule has 0 fully saturated rings. The molecular formula is C49H48FN5O6. The van der Waals surface area contributed by atoms with Crippen molar-refractivity contribution in [2.75, 3.05) is 26.7 Å². The van der Waals surface area contributed by atoms with Crippen molar-refractivity contribution in [2.24, 2.45) is 0 Å². The molecule has 4 amide bonds. The van der Waals surface area contributed by atoms with Crippen LogP contribution >= 0.6 is 0 Å². The van der Waals surface area contributed by atoms with E-state index in [-0.39, 0.29) is 59.1 Å². The van der Waals surface area contributed by atoms with E-state index in [2.05, 4.69) is 4.98 Å². The van der Waals surface area contributed by atoms with Gasteiger partial charge in [-0.05, 0) is 92.4 Å². The number of para-hydroxylation sites is 4. The average molecular weight is 822 g/mol. The summed E-state index contributed by atoms with van der Waals surface area (Å²) in [5, 5.41) is 0. The van der Waals surface area contributed by atoms with Crippen LogP contribution in [0.5, 0.6) is 0 Å². The highest BCUT2D eigenvalue weighted by Gasteiger charge is 2.40. The normalized spacial score (nSPS) is 17.9. The standard InChI is InChI=1S/C25H26N2O4.C24H22FN3O2/c1-17-15-23(27(18(2)28)19-9-5-4-6-10-19)21-11-7-8-12-22(21)26(17)25(29)24-14-13-20(31-24)16-30-3;1-16-12-23(28(17(2)29)20-8-4-3-5-9-20)21-10-6-7-11-22(21)27(16)24(30)18-13-19(25)15-26-14-18/h4-14,17,23H,15-16H2,1-3H3;3-11,13-16,23H,12H2,1-2H3/t17-,23+;16-,23+/m00/s1. The highest BCUT2D eigenvalue weighted by atomic mass is 19.1. The predicted molar refractivity (Wildman–Crippen MR) is 233 cm³/mol. The Labute approximate surface area is 355 Å². The number of halogens is 1. The van der Waals surface area contributed by atoms with E-state index in [4.69, 9.17) is 9.15 Å². The van der Waals surface area contributed by atoms with Crippen LogP contribution in [-0.2, 0) is 20.9 Å². The van der Waals surface area contributed by atoms with Crippen molar-refractivity contribution in [2.45, 2.75) is 71.3 Å². The van der Waals surface area contributed by atoms with Gasteiger partial charge in [0.05, 0.1) is 23.8 Å². The quantitative estimate of drug-likeness (QED) is 0.150. The zero-order valence-electron chi connectivity index (χ0n) is 34.8. The van der Waals surface area contributed by atoms with E-state index >= 15 is 0 Å². The molecule has 0 bridgehead atoms. The van der Waals surface area contributed by atoms with Gasteiger partial charge in [-0.1, -0.05) is 72.8 Å². The van der Waals surface area contributed by atoms with Gasteiger partial charge in [0, 0.05) is 62.0 Å². The Balaban J connectivity index is 0.000000184. The Bertz CT molecular complexity index is 2510. The van der Waals surface area contributed by atoms with Gasteiger partial charge in [-0.15, -0.1) is 0 Å². The lowest BCUT2D eigenvalue weighted by Crippen LogP contribution is -2.47. The first kappa shape index (κ1) is 42.2. The van der Waals surface area contributed by atoms with E-state index in [0.29, 0.717) is 25.2 Å². The molecule has 4 aromatic carbocycles. The maximum Gasteiger partial charge on any atom is 0.294 e. The van der Waals surface area contributed by atoms with Crippen LogP contribution in [-0.4, -0.2) is 47.8 Å². The number of amides is 4. The minimum atomic E-state index is -0.552. The van der Waals surface area contributed by atoms with Gasteiger partial charge < -0.3 is 28.8 Å². The lowest BCUT2D eigenvalue weighted by Gasteiger charge is -2.43. The van der Waals surface area contributed by atoms with Gasteiger partial charge in [0.15, 0.2) is 5.76 Å². The molecule has 2 aliphatic rings. The molecule has 0 saturated carbocycles. The Morgan fingerprint density at radius 3 is 1.62 bits per heavy atom. The van der Waals surface area contributed by atoms with Crippen molar-refractivity contribution in [1.82, 2.24) is 4.98 Å². The molecule has 11 nitrogen and oxygen atoms in total. The topological polar surface area (TPSA) is 116 Å².